The fourth-order valence-electron chi connectivity index (χ4n) is 1.32. The predicted molar refractivity (Wildman–Crippen MR) is 43.1 cm³/mol. The van der Waals surface area contributed by atoms with Gasteiger partial charge in [0.2, 0.25) is 0 Å². The lowest BCUT2D eigenvalue weighted by molar-refractivity contribution is 0.429. The molecule has 0 amide bonds. The molecule has 0 aliphatic carbocycles. The van der Waals surface area contributed by atoms with Gasteiger partial charge in [0.05, 0.1) is 5.57 Å². The van der Waals surface area contributed by atoms with E-state index in [1.165, 1.54) is 0 Å². The molecule has 1 fully saturated rings. The molecule has 3 nitrogen and oxygen atoms in total. The highest BCUT2D eigenvalue weighted by molar-refractivity contribution is 5.66. The van der Waals surface area contributed by atoms with Crippen molar-refractivity contribution in [2.75, 3.05) is 13.1 Å². The molecule has 1 aliphatic heterocycles. The van der Waals surface area contributed by atoms with Gasteiger partial charge in [-0.05, 0) is 25.9 Å². The van der Waals surface area contributed by atoms with Crippen molar-refractivity contribution >= 4 is 5.87 Å². The second kappa shape index (κ2) is 3.92. The number of rotatable bonds is 1. The SMILES string of the molecule is N#CC(=C=[N-])C1CCNCC1. The van der Waals surface area contributed by atoms with Gasteiger partial charge in [-0.25, -0.2) is 0 Å². The molecule has 0 aromatic rings. The first-order chi connectivity index (χ1) is 5.38. The van der Waals surface area contributed by atoms with Gasteiger partial charge in [-0.2, -0.15) is 5.26 Å². The Hall–Kier alpha value is -1.10. The van der Waals surface area contributed by atoms with Crippen molar-refractivity contribution in [1.82, 2.24) is 5.32 Å². The molecule has 1 saturated heterocycles. The molecule has 3 heteroatoms. The van der Waals surface area contributed by atoms with E-state index in [1.807, 2.05) is 11.9 Å². The summed E-state index contributed by atoms with van der Waals surface area (Å²) in [6.07, 6.45) is 1.85. The van der Waals surface area contributed by atoms with Crippen LogP contribution in [0.1, 0.15) is 12.8 Å². The molecule has 0 unspecified atom stereocenters. The fourth-order valence-corrected chi connectivity index (χ4v) is 1.32. The van der Waals surface area contributed by atoms with Crippen LogP contribution in [0, 0.1) is 17.2 Å². The smallest absolute Gasteiger partial charge is 0.102 e. The Balaban J connectivity index is 2.59. The molecular formula is C8H10N3-. The summed E-state index contributed by atoms with van der Waals surface area (Å²) in [6, 6.07) is 1.95. The summed E-state index contributed by atoms with van der Waals surface area (Å²) in [6.45, 7) is 1.86. The lowest BCUT2D eigenvalue weighted by Gasteiger charge is -2.21. The Bertz CT molecular complexity index is 214. The molecule has 0 atom stereocenters. The van der Waals surface area contributed by atoms with E-state index in [1.54, 1.807) is 0 Å². The standard InChI is InChI=1S/C8H10N3/c9-5-8(6-10)7-1-3-11-4-2-7/h7,11H,1-4H2/q-1. The van der Waals surface area contributed by atoms with E-state index in [0.717, 1.165) is 25.9 Å². The van der Waals surface area contributed by atoms with E-state index in [0.29, 0.717) is 5.57 Å². The van der Waals surface area contributed by atoms with Gasteiger partial charge in [0, 0.05) is 5.92 Å². The van der Waals surface area contributed by atoms with Crippen LogP contribution in [0.25, 0.3) is 5.41 Å². The summed E-state index contributed by atoms with van der Waals surface area (Å²) >= 11 is 0. The summed E-state index contributed by atoms with van der Waals surface area (Å²) in [5.74, 6) is 2.16. The van der Waals surface area contributed by atoms with E-state index in [9.17, 15) is 0 Å². The van der Waals surface area contributed by atoms with Gasteiger partial charge in [0.1, 0.15) is 6.07 Å². The summed E-state index contributed by atoms with van der Waals surface area (Å²) in [4.78, 5) is 0. The van der Waals surface area contributed by atoms with Gasteiger partial charge in [-0.15, -0.1) is 0 Å². The maximum atomic E-state index is 8.55. The first-order valence-corrected chi connectivity index (χ1v) is 3.76. The Labute approximate surface area is 66.2 Å². The third-order valence-corrected chi connectivity index (χ3v) is 1.99. The molecule has 0 spiro atoms. The van der Waals surface area contributed by atoms with E-state index in [4.69, 9.17) is 10.7 Å². The van der Waals surface area contributed by atoms with Gasteiger partial charge in [0.15, 0.2) is 0 Å². The minimum atomic E-state index is 0.214. The fraction of sp³-hybridized carbons (Fsp3) is 0.625. The summed E-state index contributed by atoms with van der Waals surface area (Å²) in [5.41, 5.74) is 0.395. The van der Waals surface area contributed by atoms with Gasteiger partial charge in [-0.1, -0.05) is 0 Å². The van der Waals surface area contributed by atoms with Crippen molar-refractivity contribution in [2.24, 2.45) is 5.92 Å². The molecule has 11 heavy (non-hydrogen) atoms. The average Bonchev–Trinajstić information content (AvgIpc) is 2.09. The van der Waals surface area contributed by atoms with Crippen LogP contribution in [0.3, 0.4) is 0 Å². The van der Waals surface area contributed by atoms with Gasteiger partial charge in [0.25, 0.3) is 0 Å². The van der Waals surface area contributed by atoms with Crippen molar-refractivity contribution in [3.8, 4) is 6.07 Å². The number of nitrogens with zero attached hydrogens (tertiary/aromatic N) is 2. The maximum absolute atomic E-state index is 8.55. The quantitative estimate of drug-likeness (QED) is 0.439. The minimum Gasteiger partial charge on any atom is -0.762 e. The predicted octanol–water partition coefficient (Wildman–Crippen LogP) is 0.675. The normalized spacial score (nSPS) is 18.5. The lowest BCUT2D eigenvalue weighted by Crippen LogP contribution is -2.28. The van der Waals surface area contributed by atoms with Crippen LogP contribution in [-0.2, 0) is 0 Å². The Morgan fingerprint density at radius 3 is 2.55 bits per heavy atom. The van der Waals surface area contributed by atoms with Crippen LogP contribution in [0.15, 0.2) is 5.57 Å². The molecule has 0 aromatic heterocycles. The third-order valence-electron chi connectivity index (χ3n) is 1.99. The molecular weight excluding hydrogens is 138 g/mol. The lowest BCUT2D eigenvalue weighted by atomic mass is 9.91. The summed E-state index contributed by atoms with van der Waals surface area (Å²) in [7, 11) is 0. The van der Waals surface area contributed by atoms with Crippen molar-refractivity contribution in [1.29, 1.82) is 5.26 Å². The Morgan fingerprint density at radius 2 is 2.09 bits per heavy atom. The molecule has 1 aliphatic rings. The largest absolute Gasteiger partial charge is 0.762 e. The zero-order valence-corrected chi connectivity index (χ0v) is 6.30. The molecule has 0 saturated carbocycles. The minimum absolute atomic E-state index is 0.214. The van der Waals surface area contributed by atoms with Gasteiger partial charge in [-0.3, -0.25) is 5.87 Å². The Morgan fingerprint density at radius 1 is 1.45 bits per heavy atom. The second-order valence-electron chi connectivity index (χ2n) is 2.66. The number of allylic oxidation sites excluding steroid dienone is 1. The zero-order chi connectivity index (χ0) is 8.10. The maximum Gasteiger partial charge on any atom is 0.102 e. The van der Waals surface area contributed by atoms with Crippen molar-refractivity contribution in [3.63, 3.8) is 0 Å². The number of nitrogens with one attached hydrogen (secondary N) is 1. The average molecular weight is 148 g/mol. The van der Waals surface area contributed by atoms with Crippen LogP contribution >= 0.6 is 0 Å². The van der Waals surface area contributed by atoms with Crippen molar-refractivity contribution < 1.29 is 0 Å². The molecule has 1 N–H and O–H groups in total. The van der Waals surface area contributed by atoms with Crippen LogP contribution < -0.4 is 5.32 Å². The van der Waals surface area contributed by atoms with Gasteiger partial charge < -0.3 is 10.7 Å². The van der Waals surface area contributed by atoms with Crippen LogP contribution in [0.5, 0.6) is 0 Å². The van der Waals surface area contributed by atoms with E-state index in [2.05, 4.69) is 5.32 Å². The Kier molecular flexibility index (Phi) is 2.85. The van der Waals surface area contributed by atoms with Crippen LogP contribution in [0.4, 0.5) is 0 Å². The van der Waals surface area contributed by atoms with Crippen LogP contribution in [-0.4, -0.2) is 19.0 Å². The summed E-state index contributed by atoms with van der Waals surface area (Å²) in [5, 5.41) is 20.3. The number of hydrogen-bond acceptors (Lipinski definition) is 2. The topological polar surface area (TPSA) is 58.1 Å². The molecule has 58 valence electrons. The molecule has 0 aromatic carbocycles. The second-order valence-corrected chi connectivity index (χ2v) is 2.66. The van der Waals surface area contributed by atoms with Crippen molar-refractivity contribution in [3.05, 3.63) is 11.0 Å². The van der Waals surface area contributed by atoms with E-state index < -0.39 is 0 Å². The van der Waals surface area contributed by atoms with Crippen molar-refractivity contribution in [2.45, 2.75) is 12.8 Å². The molecule has 0 radical (unpaired) electrons. The molecule has 0 bridgehead atoms. The number of nitriles is 1. The third kappa shape index (κ3) is 1.91. The highest BCUT2D eigenvalue weighted by atomic mass is 14.9. The van der Waals surface area contributed by atoms with Gasteiger partial charge >= 0.3 is 0 Å². The highest BCUT2D eigenvalue weighted by Gasteiger charge is 2.15. The first-order valence-electron chi connectivity index (χ1n) is 3.76. The van der Waals surface area contributed by atoms with E-state index >= 15 is 0 Å². The van der Waals surface area contributed by atoms with E-state index in [-0.39, 0.29) is 5.92 Å². The summed E-state index contributed by atoms with van der Waals surface area (Å²) < 4.78 is 0. The zero-order valence-electron chi connectivity index (χ0n) is 6.30. The monoisotopic (exact) mass is 148 g/mol. The number of hydrogen-bond donors (Lipinski definition) is 1. The van der Waals surface area contributed by atoms with Crippen LogP contribution in [0.2, 0.25) is 0 Å². The molecule has 1 heterocycles. The molecule has 1 rings (SSSR count). The highest BCUT2D eigenvalue weighted by Crippen LogP contribution is 2.18. The number of piperidine rings is 1. The first kappa shape index (κ1) is 8.00.